The molecule has 16 heavy (non-hydrogen) atoms. The standard InChI is InChI=1S/C8H18N4O4/c9-1-2-10-3-4-11-12-6(8(15)16)5-7(13)14/h6,10-12H,1-5,9H2,(H,13,14)(H,15,16)/t6-/m0/s1. The van der Waals surface area contributed by atoms with E-state index in [0.717, 1.165) is 0 Å². The number of carboxylic acid groups (broad SMARTS) is 2. The van der Waals surface area contributed by atoms with Crippen LogP contribution in [0.3, 0.4) is 0 Å². The number of nitrogens with two attached hydrogens (primary N) is 1. The summed E-state index contributed by atoms with van der Waals surface area (Å²) < 4.78 is 0. The van der Waals surface area contributed by atoms with Crippen molar-refractivity contribution in [3.8, 4) is 0 Å². The number of carboxylic acids is 2. The molecular formula is C8H18N4O4. The Morgan fingerprint density at radius 2 is 1.88 bits per heavy atom. The minimum absolute atomic E-state index is 0.474. The highest BCUT2D eigenvalue weighted by Gasteiger charge is 2.19. The van der Waals surface area contributed by atoms with Gasteiger partial charge < -0.3 is 21.3 Å². The number of hydrogen-bond acceptors (Lipinski definition) is 6. The van der Waals surface area contributed by atoms with Gasteiger partial charge in [-0.1, -0.05) is 0 Å². The molecule has 1 atom stereocenters. The van der Waals surface area contributed by atoms with Crippen molar-refractivity contribution in [1.82, 2.24) is 16.2 Å². The maximum Gasteiger partial charge on any atom is 0.322 e. The summed E-state index contributed by atoms with van der Waals surface area (Å²) in [4.78, 5) is 20.9. The molecule has 0 radical (unpaired) electrons. The number of hydrogen-bond donors (Lipinski definition) is 6. The van der Waals surface area contributed by atoms with Crippen molar-refractivity contribution >= 4 is 11.9 Å². The van der Waals surface area contributed by atoms with Crippen LogP contribution < -0.4 is 21.9 Å². The summed E-state index contributed by atoms with van der Waals surface area (Å²) in [5.41, 5.74) is 10.3. The molecule has 0 rings (SSSR count). The van der Waals surface area contributed by atoms with E-state index in [9.17, 15) is 9.59 Å². The molecule has 0 aliphatic heterocycles. The molecule has 0 unspecified atom stereocenters. The fraction of sp³-hybridized carbons (Fsp3) is 0.750. The van der Waals surface area contributed by atoms with Gasteiger partial charge in [0.2, 0.25) is 0 Å². The molecule has 0 saturated heterocycles. The van der Waals surface area contributed by atoms with E-state index in [4.69, 9.17) is 15.9 Å². The first-order valence-electron chi connectivity index (χ1n) is 4.91. The fourth-order valence-electron chi connectivity index (χ4n) is 0.948. The van der Waals surface area contributed by atoms with Crippen LogP contribution in [0.25, 0.3) is 0 Å². The smallest absolute Gasteiger partial charge is 0.322 e. The number of nitrogens with one attached hydrogen (secondary N) is 3. The minimum Gasteiger partial charge on any atom is -0.481 e. The zero-order valence-corrected chi connectivity index (χ0v) is 8.90. The maximum atomic E-state index is 10.6. The average molecular weight is 234 g/mol. The Kier molecular flexibility index (Phi) is 8.35. The van der Waals surface area contributed by atoms with Crippen LogP contribution in [-0.4, -0.2) is 54.4 Å². The lowest BCUT2D eigenvalue weighted by atomic mass is 10.2. The van der Waals surface area contributed by atoms with Gasteiger partial charge in [0, 0.05) is 26.2 Å². The third-order valence-electron chi connectivity index (χ3n) is 1.70. The maximum absolute atomic E-state index is 10.6. The van der Waals surface area contributed by atoms with Gasteiger partial charge >= 0.3 is 11.9 Å². The zero-order valence-electron chi connectivity index (χ0n) is 8.90. The van der Waals surface area contributed by atoms with Gasteiger partial charge in [0.05, 0.1) is 6.42 Å². The van der Waals surface area contributed by atoms with E-state index in [1.165, 1.54) is 0 Å². The van der Waals surface area contributed by atoms with Crippen molar-refractivity contribution in [1.29, 1.82) is 0 Å². The first kappa shape index (κ1) is 14.8. The van der Waals surface area contributed by atoms with Gasteiger partial charge in [0.15, 0.2) is 0 Å². The second-order valence-corrected chi connectivity index (χ2v) is 3.10. The normalized spacial score (nSPS) is 12.3. The highest BCUT2D eigenvalue weighted by atomic mass is 16.4. The van der Waals surface area contributed by atoms with E-state index in [0.29, 0.717) is 26.2 Å². The van der Waals surface area contributed by atoms with Gasteiger partial charge in [-0.2, -0.15) is 0 Å². The monoisotopic (exact) mass is 234 g/mol. The highest BCUT2D eigenvalue weighted by Crippen LogP contribution is 1.90. The Hall–Kier alpha value is -1.22. The lowest BCUT2D eigenvalue weighted by Gasteiger charge is -2.13. The molecule has 0 aromatic rings. The van der Waals surface area contributed by atoms with Crippen molar-refractivity contribution in [2.45, 2.75) is 12.5 Å². The highest BCUT2D eigenvalue weighted by molar-refractivity contribution is 5.80. The van der Waals surface area contributed by atoms with E-state index in [1.807, 2.05) is 0 Å². The predicted molar refractivity (Wildman–Crippen MR) is 56.7 cm³/mol. The van der Waals surface area contributed by atoms with Crippen molar-refractivity contribution < 1.29 is 19.8 Å². The van der Waals surface area contributed by atoms with Crippen LogP contribution in [-0.2, 0) is 9.59 Å². The van der Waals surface area contributed by atoms with Crippen LogP contribution in [0.1, 0.15) is 6.42 Å². The SMILES string of the molecule is NCCNCCNN[C@@H](CC(=O)O)C(=O)O. The lowest BCUT2D eigenvalue weighted by Crippen LogP contribution is -2.48. The quantitative estimate of drug-likeness (QED) is 0.181. The summed E-state index contributed by atoms with van der Waals surface area (Å²) >= 11 is 0. The third kappa shape index (κ3) is 8.12. The molecule has 7 N–H and O–H groups in total. The lowest BCUT2D eigenvalue weighted by molar-refractivity contribution is -0.146. The molecule has 8 heteroatoms. The van der Waals surface area contributed by atoms with Gasteiger partial charge in [-0.25, -0.2) is 5.43 Å². The van der Waals surface area contributed by atoms with Gasteiger partial charge in [-0.3, -0.25) is 15.0 Å². The van der Waals surface area contributed by atoms with Gasteiger partial charge in [-0.05, 0) is 0 Å². The summed E-state index contributed by atoms with van der Waals surface area (Å²) in [6.07, 6.45) is -0.474. The number of aliphatic carboxylic acids is 2. The summed E-state index contributed by atoms with van der Waals surface area (Å²) in [7, 11) is 0. The fourth-order valence-corrected chi connectivity index (χ4v) is 0.948. The number of carbonyl (C=O) groups is 2. The molecule has 0 fully saturated rings. The molecule has 0 saturated carbocycles. The molecule has 0 aliphatic carbocycles. The van der Waals surface area contributed by atoms with Gasteiger partial charge in [0.25, 0.3) is 0 Å². The topological polar surface area (TPSA) is 137 Å². The Bertz CT molecular complexity index is 224. The van der Waals surface area contributed by atoms with Crippen LogP contribution in [0.4, 0.5) is 0 Å². The Morgan fingerprint density at radius 3 is 2.38 bits per heavy atom. The van der Waals surface area contributed by atoms with E-state index < -0.39 is 24.4 Å². The first-order valence-corrected chi connectivity index (χ1v) is 4.91. The van der Waals surface area contributed by atoms with Crippen molar-refractivity contribution in [3.63, 3.8) is 0 Å². The molecule has 8 nitrogen and oxygen atoms in total. The second kappa shape index (κ2) is 9.04. The average Bonchev–Trinajstić information content (AvgIpc) is 2.20. The van der Waals surface area contributed by atoms with Crippen molar-refractivity contribution in [3.05, 3.63) is 0 Å². The zero-order chi connectivity index (χ0) is 12.4. The Balaban J connectivity index is 3.60. The largest absolute Gasteiger partial charge is 0.481 e. The molecule has 0 bridgehead atoms. The summed E-state index contributed by atoms with van der Waals surface area (Å²) in [6, 6.07) is -1.13. The molecule has 0 aromatic heterocycles. The van der Waals surface area contributed by atoms with E-state index in [-0.39, 0.29) is 0 Å². The van der Waals surface area contributed by atoms with Crippen molar-refractivity contribution in [2.24, 2.45) is 5.73 Å². The second-order valence-electron chi connectivity index (χ2n) is 3.10. The van der Waals surface area contributed by atoms with Crippen LogP contribution in [0.15, 0.2) is 0 Å². The van der Waals surface area contributed by atoms with Crippen molar-refractivity contribution in [2.75, 3.05) is 26.2 Å². The summed E-state index contributed by atoms with van der Waals surface area (Å²) in [5, 5.41) is 20.1. The third-order valence-corrected chi connectivity index (χ3v) is 1.70. The van der Waals surface area contributed by atoms with Crippen LogP contribution in [0.5, 0.6) is 0 Å². The van der Waals surface area contributed by atoms with Gasteiger partial charge in [0.1, 0.15) is 6.04 Å². The Morgan fingerprint density at radius 1 is 1.19 bits per heavy atom. The van der Waals surface area contributed by atoms with Crippen LogP contribution in [0.2, 0.25) is 0 Å². The number of rotatable bonds is 10. The molecular weight excluding hydrogens is 216 g/mol. The molecule has 0 spiro atoms. The molecule has 0 aromatic carbocycles. The van der Waals surface area contributed by atoms with Crippen LogP contribution >= 0.6 is 0 Å². The molecule has 0 aliphatic rings. The van der Waals surface area contributed by atoms with E-state index >= 15 is 0 Å². The first-order chi connectivity index (χ1) is 7.57. The molecule has 0 amide bonds. The molecule has 0 heterocycles. The van der Waals surface area contributed by atoms with E-state index in [2.05, 4.69) is 16.2 Å². The Labute approximate surface area is 93.2 Å². The summed E-state index contributed by atoms with van der Waals surface area (Å²) in [5.74, 6) is -2.37. The summed E-state index contributed by atoms with van der Waals surface area (Å²) in [6.45, 7) is 2.30. The number of hydrazine groups is 1. The van der Waals surface area contributed by atoms with Crippen LogP contribution in [0, 0.1) is 0 Å². The minimum atomic E-state index is -1.20. The van der Waals surface area contributed by atoms with E-state index in [1.54, 1.807) is 0 Å². The molecule has 94 valence electrons. The van der Waals surface area contributed by atoms with Gasteiger partial charge in [-0.15, -0.1) is 0 Å². The predicted octanol–water partition coefficient (Wildman–Crippen LogP) is -2.44.